The van der Waals surface area contributed by atoms with E-state index >= 15 is 0 Å². The van der Waals surface area contributed by atoms with Crippen LogP contribution in [-0.4, -0.2) is 84.0 Å². The number of benzene rings is 2. The number of aromatic nitrogens is 8. The molecule has 0 bridgehead atoms. The number of hydrogen-bond donors (Lipinski definition) is 5. The van der Waals surface area contributed by atoms with Gasteiger partial charge in [-0.3, -0.25) is 10.8 Å². The summed E-state index contributed by atoms with van der Waals surface area (Å²) in [6.07, 6.45) is 7.45. The molecule has 17 heteroatoms. The van der Waals surface area contributed by atoms with Crippen LogP contribution in [0.5, 0.6) is 0 Å². The molecular formula is C37H44Cl4N12O. The minimum absolute atomic E-state index is 0. The van der Waals surface area contributed by atoms with Crippen LogP contribution in [0.15, 0.2) is 49.1 Å². The number of hydrogen-bond acceptors (Lipinski definition) is 9. The lowest BCUT2D eigenvalue weighted by molar-refractivity contribution is -0.0980. The van der Waals surface area contributed by atoms with Gasteiger partial charge in [-0.25, -0.2) is 19.9 Å². The smallest absolute Gasteiger partial charge is 0.173 e. The number of rotatable bonds is 6. The summed E-state index contributed by atoms with van der Waals surface area (Å²) >= 11 is 25.2. The summed E-state index contributed by atoms with van der Waals surface area (Å²) in [7, 11) is 2.14. The first-order valence-corrected chi connectivity index (χ1v) is 18.7. The lowest BCUT2D eigenvalue weighted by atomic mass is 9.97. The summed E-state index contributed by atoms with van der Waals surface area (Å²) in [5, 5.41) is 22.0. The molecule has 2 aliphatic rings. The van der Waals surface area contributed by atoms with E-state index in [1.54, 1.807) is 12.7 Å². The number of aromatic amines is 2. The van der Waals surface area contributed by atoms with E-state index in [-0.39, 0.29) is 18.4 Å². The van der Waals surface area contributed by atoms with Crippen LogP contribution in [0.3, 0.4) is 0 Å². The molecule has 0 spiro atoms. The first-order chi connectivity index (χ1) is 25.7. The van der Waals surface area contributed by atoms with Crippen molar-refractivity contribution in [1.82, 2.24) is 49.3 Å². The first kappa shape index (κ1) is 41.1. The SMILES string of the molecule is C.C=O.CN1CCC(c2nc3c([nH]2)c(=N)ncn3Cc2c(Cl)cccc2Cl)CC1.N=c1ncn(Cc2c(Cl)cccc2Cl)c2nc(C3CCNCC3)[nH]c12. The van der Waals surface area contributed by atoms with Gasteiger partial charge >= 0.3 is 0 Å². The molecule has 6 aromatic rings. The molecule has 2 saturated heterocycles. The fourth-order valence-corrected chi connectivity index (χ4v) is 7.74. The molecule has 2 aromatic carbocycles. The van der Waals surface area contributed by atoms with Gasteiger partial charge < -0.3 is 34.1 Å². The number of fused-ring (bicyclic) bond motifs is 2. The minimum atomic E-state index is 0. The van der Waals surface area contributed by atoms with Crippen molar-refractivity contribution in [1.29, 1.82) is 10.8 Å². The van der Waals surface area contributed by atoms with Crippen molar-refractivity contribution in [2.45, 2.75) is 58.0 Å². The summed E-state index contributed by atoms with van der Waals surface area (Å²) in [6.45, 7) is 7.01. The van der Waals surface area contributed by atoms with Crippen LogP contribution in [0.1, 0.15) is 67.7 Å². The zero-order valence-corrected chi connectivity index (χ0v) is 32.1. The third-order valence-corrected chi connectivity index (χ3v) is 11.1. The van der Waals surface area contributed by atoms with Crippen LogP contribution in [0.2, 0.25) is 20.1 Å². The number of nitrogens with one attached hydrogen (secondary N) is 5. The van der Waals surface area contributed by atoms with Gasteiger partial charge in [0, 0.05) is 43.1 Å². The average Bonchev–Trinajstić information content (AvgIpc) is 3.83. The molecule has 0 radical (unpaired) electrons. The Hall–Kier alpha value is -4.11. The van der Waals surface area contributed by atoms with Crippen LogP contribution in [0.25, 0.3) is 22.3 Å². The van der Waals surface area contributed by atoms with Gasteiger partial charge in [-0.2, -0.15) is 0 Å². The Morgan fingerprint density at radius 2 is 1.09 bits per heavy atom. The fraction of sp³-hybridized carbons (Fsp3) is 0.378. The lowest BCUT2D eigenvalue weighted by Gasteiger charge is -2.27. The number of carbonyl (C=O) groups excluding carboxylic acids is 1. The molecule has 8 rings (SSSR count). The zero-order valence-electron chi connectivity index (χ0n) is 29.1. The van der Waals surface area contributed by atoms with E-state index in [0.29, 0.717) is 61.7 Å². The molecule has 0 saturated carbocycles. The summed E-state index contributed by atoms with van der Waals surface area (Å²) < 4.78 is 3.79. The third kappa shape index (κ3) is 9.05. The highest BCUT2D eigenvalue weighted by atomic mass is 35.5. The predicted octanol–water partition coefficient (Wildman–Crippen LogP) is 6.92. The van der Waals surface area contributed by atoms with Crippen LogP contribution < -0.4 is 16.3 Å². The molecule has 2 fully saturated rings. The van der Waals surface area contributed by atoms with Crippen LogP contribution in [0, 0.1) is 10.8 Å². The van der Waals surface area contributed by atoms with Crippen molar-refractivity contribution in [3.8, 4) is 0 Å². The van der Waals surface area contributed by atoms with Gasteiger partial charge in [0.1, 0.15) is 29.5 Å². The van der Waals surface area contributed by atoms with E-state index in [1.807, 2.05) is 52.3 Å². The fourth-order valence-electron chi connectivity index (χ4n) is 6.71. The molecule has 54 heavy (non-hydrogen) atoms. The van der Waals surface area contributed by atoms with Crippen molar-refractivity contribution in [2.75, 3.05) is 33.2 Å². The molecule has 0 amide bonds. The molecule has 6 heterocycles. The monoisotopic (exact) mass is 812 g/mol. The Morgan fingerprint density at radius 1 is 0.704 bits per heavy atom. The number of piperidine rings is 2. The van der Waals surface area contributed by atoms with Gasteiger partial charge in [-0.05, 0) is 83.2 Å². The van der Waals surface area contributed by atoms with Gasteiger partial charge in [0.2, 0.25) is 0 Å². The van der Waals surface area contributed by atoms with Crippen molar-refractivity contribution < 1.29 is 4.79 Å². The normalized spacial score (nSPS) is 15.3. The molecule has 286 valence electrons. The maximum Gasteiger partial charge on any atom is 0.173 e. The third-order valence-electron chi connectivity index (χ3n) is 9.69. The lowest BCUT2D eigenvalue weighted by Crippen LogP contribution is -2.29. The minimum Gasteiger partial charge on any atom is -0.337 e. The maximum absolute atomic E-state index is 8.13. The summed E-state index contributed by atoms with van der Waals surface area (Å²) in [5.41, 5.74) is 4.79. The summed E-state index contributed by atoms with van der Waals surface area (Å²) in [5.74, 6) is 2.63. The van der Waals surface area contributed by atoms with Gasteiger partial charge in [-0.1, -0.05) is 66.0 Å². The first-order valence-electron chi connectivity index (χ1n) is 17.2. The summed E-state index contributed by atoms with van der Waals surface area (Å²) in [4.78, 5) is 35.0. The van der Waals surface area contributed by atoms with Crippen LogP contribution in [0.4, 0.5) is 0 Å². The van der Waals surface area contributed by atoms with Crippen LogP contribution >= 0.6 is 46.4 Å². The highest BCUT2D eigenvalue weighted by Crippen LogP contribution is 2.30. The Bertz CT molecular complexity index is 2280. The van der Waals surface area contributed by atoms with Crippen molar-refractivity contribution >= 4 is 75.5 Å². The number of nitrogens with zero attached hydrogens (tertiary/aromatic N) is 7. The average molecular weight is 815 g/mol. The van der Waals surface area contributed by atoms with E-state index in [4.69, 9.17) is 72.0 Å². The highest BCUT2D eigenvalue weighted by molar-refractivity contribution is 6.36. The van der Waals surface area contributed by atoms with Crippen molar-refractivity contribution in [3.63, 3.8) is 0 Å². The molecular weight excluding hydrogens is 770 g/mol. The van der Waals surface area contributed by atoms with Crippen molar-refractivity contribution in [3.05, 3.63) is 103 Å². The van der Waals surface area contributed by atoms with Crippen molar-refractivity contribution in [2.24, 2.45) is 0 Å². The maximum atomic E-state index is 8.13. The molecule has 13 nitrogen and oxygen atoms in total. The molecule has 0 unspecified atom stereocenters. The molecule has 2 aliphatic heterocycles. The number of carbonyl (C=O) groups is 1. The van der Waals surface area contributed by atoms with Crippen LogP contribution in [-0.2, 0) is 17.9 Å². The van der Waals surface area contributed by atoms with Gasteiger partial charge in [0.25, 0.3) is 0 Å². The van der Waals surface area contributed by atoms with E-state index in [9.17, 15) is 0 Å². The Morgan fingerprint density at radius 3 is 1.50 bits per heavy atom. The van der Waals surface area contributed by atoms with Gasteiger partial charge in [0.15, 0.2) is 22.3 Å². The largest absolute Gasteiger partial charge is 0.337 e. The predicted molar refractivity (Wildman–Crippen MR) is 215 cm³/mol. The molecule has 0 aliphatic carbocycles. The zero-order chi connectivity index (χ0) is 37.6. The number of likely N-dealkylation sites (tertiary alicyclic amines) is 1. The second-order valence-corrected chi connectivity index (χ2v) is 14.7. The van der Waals surface area contributed by atoms with E-state index < -0.39 is 0 Å². The number of imidazole rings is 2. The number of halogens is 4. The van der Waals surface area contributed by atoms with E-state index in [2.05, 4.69) is 37.2 Å². The van der Waals surface area contributed by atoms with E-state index in [1.165, 1.54) is 0 Å². The topological polar surface area (TPSA) is 173 Å². The quantitative estimate of drug-likeness (QED) is 0.122. The Balaban J connectivity index is 0.000000195. The molecule has 5 N–H and O–H groups in total. The standard InChI is InChI=1S/C18H20Cl2N6.C17H18Cl2N6.CH2O.CH4/c1-25-7-5-11(6-8-25)17-23-15-16(21)22-10-26(18(15)24-17)9-12-13(19)3-2-4-14(12)20;18-12-2-1-3-13(19)11(12)8-25-9-22-15(20)14-17(25)24-16(23-14)10-4-6-21-7-5-10;1-2;/h2-4,10-11,21H,5-9H2,1H3,(H,23,24);1-3,9-10,20-21H,4-8H2,(H,23,24);1H2;1H4. The molecule has 4 aromatic heterocycles. The highest BCUT2D eigenvalue weighted by Gasteiger charge is 2.23. The second kappa shape index (κ2) is 18.5. The van der Waals surface area contributed by atoms with Gasteiger partial charge in [0.05, 0.1) is 25.7 Å². The van der Waals surface area contributed by atoms with E-state index in [0.717, 1.165) is 80.3 Å². The Kier molecular flexibility index (Phi) is 14.1. The second-order valence-electron chi connectivity index (χ2n) is 13.1. The number of H-pyrrole nitrogens is 2. The summed E-state index contributed by atoms with van der Waals surface area (Å²) in [6, 6.07) is 10.9. The Labute approximate surface area is 333 Å². The molecule has 0 atom stereocenters. The van der Waals surface area contributed by atoms with Gasteiger partial charge in [-0.15, -0.1) is 0 Å².